The highest BCUT2D eigenvalue weighted by Gasteiger charge is 2.26. The van der Waals surface area contributed by atoms with Gasteiger partial charge in [-0.2, -0.15) is 0 Å². The summed E-state index contributed by atoms with van der Waals surface area (Å²) in [7, 11) is 2.04. The van der Waals surface area contributed by atoms with Crippen molar-refractivity contribution in [3.63, 3.8) is 0 Å². The second-order valence-corrected chi connectivity index (χ2v) is 4.89. The number of benzene rings is 1. The first-order chi connectivity index (χ1) is 7.65. The molecule has 0 aromatic heterocycles. The molecule has 1 aromatic carbocycles. The van der Waals surface area contributed by atoms with E-state index in [-0.39, 0.29) is 5.82 Å². The van der Waals surface area contributed by atoms with Gasteiger partial charge in [0.15, 0.2) is 0 Å². The largest absolute Gasteiger partial charge is 0.328 e. The van der Waals surface area contributed by atoms with Crippen LogP contribution in [0.2, 0.25) is 0 Å². The van der Waals surface area contributed by atoms with Crippen molar-refractivity contribution in [2.45, 2.75) is 25.4 Å². The van der Waals surface area contributed by atoms with Gasteiger partial charge in [-0.3, -0.25) is 0 Å². The summed E-state index contributed by atoms with van der Waals surface area (Å²) in [6, 6.07) is 7.36. The van der Waals surface area contributed by atoms with Crippen molar-refractivity contribution in [3.8, 4) is 0 Å². The Labute approximate surface area is 96.2 Å². The summed E-state index contributed by atoms with van der Waals surface area (Å²) in [6.07, 6.45) is 2.23. The lowest BCUT2D eigenvalue weighted by Gasteiger charge is -2.35. The van der Waals surface area contributed by atoms with Gasteiger partial charge in [-0.1, -0.05) is 18.2 Å². The van der Waals surface area contributed by atoms with Gasteiger partial charge in [0.1, 0.15) is 5.82 Å². The SMILES string of the molecule is CN(Cc1ccccc1F)CC1CC(N)C1. The second kappa shape index (κ2) is 4.93. The molecule has 0 atom stereocenters. The third-order valence-electron chi connectivity index (χ3n) is 3.24. The van der Waals surface area contributed by atoms with Crippen LogP contribution in [0.15, 0.2) is 24.3 Å². The molecule has 0 aliphatic heterocycles. The molecule has 1 aromatic rings. The van der Waals surface area contributed by atoms with Gasteiger partial charge in [0.25, 0.3) is 0 Å². The molecule has 0 spiro atoms. The van der Waals surface area contributed by atoms with Crippen molar-refractivity contribution in [1.29, 1.82) is 0 Å². The van der Waals surface area contributed by atoms with Gasteiger partial charge in [0, 0.05) is 24.7 Å². The zero-order valence-corrected chi connectivity index (χ0v) is 9.70. The Bertz CT molecular complexity index is 348. The summed E-state index contributed by atoms with van der Waals surface area (Å²) in [5.74, 6) is 0.589. The van der Waals surface area contributed by atoms with Crippen LogP contribution in [0.25, 0.3) is 0 Å². The number of hydrogen-bond acceptors (Lipinski definition) is 2. The third-order valence-corrected chi connectivity index (χ3v) is 3.24. The molecule has 88 valence electrons. The predicted octanol–water partition coefficient (Wildman–Crippen LogP) is 1.99. The Morgan fingerprint density at radius 2 is 2.06 bits per heavy atom. The molecule has 0 bridgehead atoms. The molecular formula is C13H19FN2. The predicted molar refractivity (Wildman–Crippen MR) is 63.4 cm³/mol. The summed E-state index contributed by atoms with van der Waals surface area (Å²) in [5, 5.41) is 0. The maximum Gasteiger partial charge on any atom is 0.127 e. The van der Waals surface area contributed by atoms with E-state index in [0.29, 0.717) is 18.5 Å². The Kier molecular flexibility index (Phi) is 3.56. The molecule has 0 amide bonds. The average molecular weight is 222 g/mol. The van der Waals surface area contributed by atoms with Gasteiger partial charge in [0.2, 0.25) is 0 Å². The minimum Gasteiger partial charge on any atom is -0.328 e. The number of nitrogens with two attached hydrogens (primary N) is 1. The van der Waals surface area contributed by atoms with Crippen LogP contribution >= 0.6 is 0 Å². The summed E-state index contributed by atoms with van der Waals surface area (Å²) < 4.78 is 13.4. The second-order valence-electron chi connectivity index (χ2n) is 4.89. The van der Waals surface area contributed by atoms with Gasteiger partial charge >= 0.3 is 0 Å². The first-order valence-electron chi connectivity index (χ1n) is 5.82. The highest BCUT2D eigenvalue weighted by atomic mass is 19.1. The zero-order valence-electron chi connectivity index (χ0n) is 9.70. The Balaban J connectivity index is 1.83. The van der Waals surface area contributed by atoms with Gasteiger partial charge in [-0.05, 0) is 31.9 Å². The van der Waals surface area contributed by atoms with Crippen molar-refractivity contribution >= 4 is 0 Å². The molecule has 0 unspecified atom stereocenters. The fourth-order valence-corrected chi connectivity index (χ4v) is 2.36. The van der Waals surface area contributed by atoms with E-state index < -0.39 is 0 Å². The molecule has 3 heteroatoms. The molecule has 0 radical (unpaired) electrons. The molecule has 1 aliphatic carbocycles. The highest BCUT2D eigenvalue weighted by Crippen LogP contribution is 2.26. The van der Waals surface area contributed by atoms with Crippen LogP contribution in [-0.2, 0) is 6.54 Å². The number of rotatable bonds is 4. The highest BCUT2D eigenvalue weighted by molar-refractivity contribution is 5.17. The van der Waals surface area contributed by atoms with Gasteiger partial charge in [-0.25, -0.2) is 4.39 Å². The van der Waals surface area contributed by atoms with Crippen LogP contribution < -0.4 is 5.73 Å². The Hall–Kier alpha value is -0.930. The number of nitrogens with zero attached hydrogens (tertiary/aromatic N) is 1. The fraction of sp³-hybridized carbons (Fsp3) is 0.538. The van der Waals surface area contributed by atoms with Gasteiger partial charge in [0.05, 0.1) is 0 Å². The molecule has 1 fully saturated rings. The van der Waals surface area contributed by atoms with E-state index in [1.165, 1.54) is 6.07 Å². The number of hydrogen-bond donors (Lipinski definition) is 1. The normalized spacial score (nSPS) is 24.5. The topological polar surface area (TPSA) is 29.3 Å². The first-order valence-corrected chi connectivity index (χ1v) is 5.82. The van der Waals surface area contributed by atoms with E-state index in [1.807, 2.05) is 19.2 Å². The maximum absolute atomic E-state index is 13.4. The summed E-state index contributed by atoms with van der Waals surface area (Å²) in [4.78, 5) is 2.18. The van der Waals surface area contributed by atoms with E-state index in [4.69, 9.17) is 5.73 Å². The molecule has 16 heavy (non-hydrogen) atoms. The quantitative estimate of drug-likeness (QED) is 0.844. The van der Waals surface area contributed by atoms with Crippen LogP contribution in [0.1, 0.15) is 18.4 Å². The van der Waals surface area contributed by atoms with Crippen LogP contribution in [0.3, 0.4) is 0 Å². The summed E-state index contributed by atoms with van der Waals surface area (Å²) in [6.45, 7) is 1.69. The minimum absolute atomic E-state index is 0.111. The first kappa shape index (κ1) is 11.6. The van der Waals surface area contributed by atoms with Crippen LogP contribution in [0.4, 0.5) is 4.39 Å². The van der Waals surface area contributed by atoms with E-state index in [1.54, 1.807) is 6.07 Å². The molecule has 2 rings (SSSR count). The lowest BCUT2D eigenvalue weighted by Crippen LogP contribution is -2.41. The van der Waals surface area contributed by atoms with E-state index in [2.05, 4.69) is 4.90 Å². The number of halogens is 1. The van der Waals surface area contributed by atoms with Crippen LogP contribution in [-0.4, -0.2) is 24.5 Å². The molecule has 1 aliphatic rings. The Morgan fingerprint density at radius 1 is 1.38 bits per heavy atom. The van der Waals surface area contributed by atoms with Gasteiger partial charge in [-0.15, -0.1) is 0 Å². The monoisotopic (exact) mass is 222 g/mol. The molecule has 1 saturated carbocycles. The van der Waals surface area contributed by atoms with Crippen molar-refractivity contribution in [2.24, 2.45) is 11.7 Å². The van der Waals surface area contributed by atoms with Crippen molar-refractivity contribution in [2.75, 3.05) is 13.6 Å². The van der Waals surface area contributed by atoms with Crippen molar-refractivity contribution < 1.29 is 4.39 Å². The maximum atomic E-state index is 13.4. The summed E-state index contributed by atoms with van der Waals surface area (Å²) >= 11 is 0. The van der Waals surface area contributed by atoms with Crippen LogP contribution in [0.5, 0.6) is 0 Å². The smallest absolute Gasteiger partial charge is 0.127 e. The lowest BCUT2D eigenvalue weighted by atomic mass is 9.80. The fourth-order valence-electron chi connectivity index (χ4n) is 2.36. The molecular weight excluding hydrogens is 203 g/mol. The van der Waals surface area contributed by atoms with E-state index in [0.717, 1.165) is 24.9 Å². The van der Waals surface area contributed by atoms with E-state index >= 15 is 0 Å². The summed E-state index contributed by atoms with van der Waals surface area (Å²) in [5.41, 5.74) is 6.51. The lowest BCUT2D eigenvalue weighted by molar-refractivity contribution is 0.177. The average Bonchev–Trinajstić information content (AvgIpc) is 2.19. The van der Waals surface area contributed by atoms with E-state index in [9.17, 15) is 4.39 Å². The third kappa shape index (κ3) is 2.80. The van der Waals surface area contributed by atoms with Gasteiger partial charge < -0.3 is 10.6 Å². The molecule has 0 heterocycles. The molecule has 2 nitrogen and oxygen atoms in total. The van der Waals surface area contributed by atoms with Crippen molar-refractivity contribution in [1.82, 2.24) is 4.90 Å². The zero-order chi connectivity index (χ0) is 11.5. The minimum atomic E-state index is -0.111. The molecule has 0 saturated heterocycles. The van der Waals surface area contributed by atoms with Crippen LogP contribution in [0, 0.1) is 11.7 Å². The standard InChI is InChI=1S/C13H19FN2/c1-16(8-10-6-12(15)7-10)9-11-4-2-3-5-13(11)14/h2-5,10,12H,6-9,15H2,1H3. The molecule has 2 N–H and O–H groups in total. The Morgan fingerprint density at radius 3 is 2.69 bits per heavy atom. The van der Waals surface area contributed by atoms with Crippen molar-refractivity contribution in [3.05, 3.63) is 35.6 Å².